The summed E-state index contributed by atoms with van der Waals surface area (Å²) >= 11 is 0. The first kappa shape index (κ1) is 22.9. The van der Waals surface area contributed by atoms with Crippen LogP contribution >= 0.6 is 24.0 Å². The van der Waals surface area contributed by atoms with E-state index < -0.39 is 0 Å². The van der Waals surface area contributed by atoms with E-state index in [2.05, 4.69) is 25.6 Å². The van der Waals surface area contributed by atoms with Crippen LogP contribution in [-0.2, 0) is 11.3 Å². The monoisotopic (exact) mass is 484 g/mol. The van der Waals surface area contributed by atoms with Crippen molar-refractivity contribution < 1.29 is 4.79 Å². The molecule has 148 valence electrons. The summed E-state index contributed by atoms with van der Waals surface area (Å²) in [4.78, 5) is 25.7. The molecule has 0 atom stereocenters. The largest absolute Gasteiger partial charge is 0.356 e. The molecule has 0 saturated heterocycles. The van der Waals surface area contributed by atoms with Gasteiger partial charge in [0.1, 0.15) is 5.82 Å². The minimum Gasteiger partial charge on any atom is -0.356 e. The highest BCUT2D eigenvalue weighted by Crippen LogP contribution is 2.16. The summed E-state index contributed by atoms with van der Waals surface area (Å²) in [6.45, 7) is 3.89. The van der Waals surface area contributed by atoms with E-state index >= 15 is 0 Å². The maximum atomic E-state index is 11.7. The number of hydrogen-bond acceptors (Lipinski definition) is 3. The zero-order valence-electron chi connectivity index (χ0n) is 16.2. The second kappa shape index (κ2) is 12.3. The van der Waals surface area contributed by atoms with Crippen LogP contribution in [0.4, 0.5) is 0 Å². The molecule has 1 heterocycles. The first-order valence-corrected chi connectivity index (χ1v) is 8.91. The van der Waals surface area contributed by atoms with E-state index in [4.69, 9.17) is 0 Å². The van der Waals surface area contributed by atoms with E-state index in [0.717, 1.165) is 36.0 Å². The van der Waals surface area contributed by atoms with Gasteiger partial charge in [-0.25, -0.2) is 4.98 Å². The van der Waals surface area contributed by atoms with Gasteiger partial charge in [0.05, 0.1) is 18.4 Å². The lowest BCUT2D eigenvalue weighted by Crippen LogP contribution is -2.40. The second-order valence-electron chi connectivity index (χ2n) is 6.04. The van der Waals surface area contributed by atoms with Crippen molar-refractivity contribution in [2.45, 2.75) is 26.3 Å². The topological polar surface area (TPSA) is 85.4 Å². The number of guanidine groups is 1. The van der Waals surface area contributed by atoms with E-state index in [0.29, 0.717) is 19.5 Å². The number of aromatic amines is 1. The van der Waals surface area contributed by atoms with E-state index in [-0.39, 0.29) is 29.9 Å². The molecule has 0 fully saturated rings. The van der Waals surface area contributed by atoms with Gasteiger partial charge in [-0.3, -0.25) is 9.79 Å². The lowest BCUT2D eigenvalue weighted by Gasteiger charge is -2.21. The zero-order chi connectivity index (χ0) is 18.8. The molecule has 0 radical (unpaired) electrons. The van der Waals surface area contributed by atoms with E-state index in [1.807, 2.05) is 55.4 Å². The van der Waals surface area contributed by atoms with E-state index in [9.17, 15) is 4.79 Å². The molecule has 0 saturated carbocycles. The van der Waals surface area contributed by atoms with Crippen molar-refractivity contribution in [1.82, 2.24) is 25.5 Å². The van der Waals surface area contributed by atoms with Crippen LogP contribution in [0.15, 0.2) is 41.5 Å². The van der Waals surface area contributed by atoms with Crippen LogP contribution in [0, 0.1) is 0 Å². The molecule has 27 heavy (non-hydrogen) atoms. The molecule has 0 bridgehead atoms. The third-order valence-electron chi connectivity index (χ3n) is 3.88. The summed E-state index contributed by atoms with van der Waals surface area (Å²) in [5.41, 5.74) is 2.10. The average Bonchev–Trinajstić information content (AvgIpc) is 3.12. The van der Waals surface area contributed by atoms with Gasteiger partial charge >= 0.3 is 0 Å². The van der Waals surface area contributed by atoms with Gasteiger partial charge in [-0.2, -0.15) is 0 Å². The lowest BCUT2D eigenvalue weighted by molar-refractivity contribution is -0.120. The third-order valence-corrected chi connectivity index (χ3v) is 3.88. The van der Waals surface area contributed by atoms with Crippen LogP contribution in [0.25, 0.3) is 11.3 Å². The molecular formula is C19H29IN6O. The second-order valence-corrected chi connectivity index (χ2v) is 6.04. The Bertz CT molecular complexity index is 716. The molecule has 1 aromatic carbocycles. The predicted molar refractivity (Wildman–Crippen MR) is 120 cm³/mol. The fourth-order valence-corrected chi connectivity index (χ4v) is 2.53. The van der Waals surface area contributed by atoms with Gasteiger partial charge in [0.2, 0.25) is 5.91 Å². The summed E-state index contributed by atoms with van der Waals surface area (Å²) in [5, 5.41) is 6.07. The highest BCUT2D eigenvalue weighted by molar-refractivity contribution is 14.0. The minimum atomic E-state index is 0. The van der Waals surface area contributed by atoms with Crippen LogP contribution in [-0.4, -0.2) is 53.9 Å². The van der Waals surface area contributed by atoms with Gasteiger partial charge in [-0.1, -0.05) is 37.3 Å². The number of aromatic nitrogens is 2. The van der Waals surface area contributed by atoms with Crippen LogP contribution in [0.3, 0.4) is 0 Å². The molecule has 2 rings (SSSR count). The van der Waals surface area contributed by atoms with E-state index in [1.165, 1.54) is 0 Å². The molecule has 1 amide bonds. The summed E-state index contributed by atoms with van der Waals surface area (Å²) < 4.78 is 0. The number of carbonyl (C=O) groups excluding carboxylic acids is 1. The fraction of sp³-hybridized carbons (Fsp3) is 0.421. The van der Waals surface area contributed by atoms with Crippen LogP contribution in [0.5, 0.6) is 0 Å². The number of hydrogen-bond donors (Lipinski definition) is 3. The smallest absolute Gasteiger partial charge is 0.221 e. The normalized spacial score (nSPS) is 10.9. The number of imidazole rings is 1. The number of nitrogens with zero attached hydrogens (tertiary/aromatic N) is 3. The molecule has 0 aliphatic rings. The van der Waals surface area contributed by atoms with Crippen LogP contribution < -0.4 is 10.6 Å². The number of amides is 1. The highest BCUT2D eigenvalue weighted by Gasteiger charge is 2.10. The number of benzene rings is 1. The quantitative estimate of drug-likeness (QED) is 0.306. The number of halogens is 1. The molecule has 0 aliphatic carbocycles. The fourth-order valence-electron chi connectivity index (χ4n) is 2.53. The molecule has 3 N–H and O–H groups in total. The van der Waals surface area contributed by atoms with Gasteiger partial charge in [0.25, 0.3) is 0 Å². The van der Waals surface area contributed by atoms with Crippen molar-refractivity contribution in [3.63, 3.8) is 0 Å². The average molecular weight is 484 g/mol. The molecule has 1 aromatic heterocycles. The molecule has 7 nitrogen and oxygen atoms in total. The summed E-state index contributed by atoms with van der Waals surface area (Å²) in [5.74, 6) is 1.64. The van der Waals surface area contributed by atoms with Gasteiger partial charge in [-0.05, 0) is 12.0 Å². The summed E-state index contributed by atoms with van der Waals surface area (Å²) in [7, 11) is 3.67. The number of nitrogens with one attached hydrogen (secondary N) is 3. The van der Waals surface area contributed by atoms with Gasteiger partial charge in [0.15, 0.2) is 5.96 Å². The zero-order valence-corrected chi connectivity index (χ0v) is 18.5. The number of carbonyl (C=O) groups is 1. The minimum absolute atomic E-state index is 0. The molecule has 0 aliphatic heterocycles. The predicted octanol–water partition coefficient (Wildman–Crippen LogP) is 2.62. The Morgan fingerprint density at radius 2 is 1.96 bits per heavy atom. The number of rotatable bonds is 8. The number of aliphatic imine (C=N–C) groups is 1. The van der Waals surface area contributed by atoms with Crippen molar-refractivity contribution in [2.75, 3.05) is 27.2 Å². The van der Waals surface area contributed by atoms with Gasteiger partial charge in [-0.15, -0.1) is 24.0 Å². The Labute approximate surface area is 178 Å². The molecular weight excluding hydrogens is 455 g/mol. The Hall–Kier alpha value is -2.10. The maximum absolute atomic E-state index is 11.7. The van der Waals surface area contributed by atoms with Crippen molar-refractivity contribution in [3.05, 3.63) is 42.4 Å². The lowest BCUT2D eigenvalue weighted by atomic mass is 10.2. The Kier molecular flexibility index (Phi) is 10.5. The Morgan fingerprint density at radius 3 is 2.63 bits per heavy atom. The standard InChI is InChI=1S/C19H28N6O.HI/c1-4-11-21-18(26)10-12-22-19(20-2)25(3)14-17-23-13-16(24-17)15-8-6-5-7-9-15;/h5-9,13H,4,10-12,14H2,1-3H3,(H,20,22)(H,21,26)(H,23,24);1H. The highest BCUT2D eigenvalue weighted by atomic mass is 127. The van der Waals surface area contributed by atoms with Crippen molar-refractivity contribution >= 4 is 35.8 Å². The number of H-pyrrole nitrogens is 1. The van der Waals surface area contributed by atoms with Crippen molar-refractivity contribution in [3.8, 4) is 11.3 Å². The van der Waals surface area contributed by atoms with Crippen LogP contribution in [0.1, 0.15) is 25.6 Å². The van der Waals surface area contributed by atoms with Gasteiger partial charge < -0.3 is 20.5 Å². The molecule has 8 heteroatoms. The van der Waals surface area contributed by atoms with Crippen LogP contribution in [0.2, 0.25) is 0 Å². The van der Waals surface area contributed by atoms with Crippen molar-refractivity contribution in [2.24, 2.45) is 4.99 Å². The molecule has 0 spiro atoms. The first-order valence-electron chi connectivity index (χ1n) is 8.91. The van der Waals surface area contributed by atoms with Gasteiger partial charge in [0, 0.05) is 33.6 Å². The Balaban J connectivity index is 0.00000364. The summed E-state index contributed by atoms with van der Waals surface area (Å²) in [6, 6.07) is 10.1. The SMILES string of the molecule is CCCNC(=O)CCNC(=NC)N(C)Cc1ncc(-c2ccccc2)[nH]1.I. The summed E-state index contributed by atoms with van der Waals surface area (Å²) in [6.07, 6.45) is 3.20. The molecule has 2 aromatic rings. The molecule has 0 unspecified atom stereocenters. The van der Waals surface area contributed by atoms with E-state index in [1.54, 1.807) is 7.05 Å². The Morgan fingerprint density at radius 1 is 1.22 bits per heavy atom. The van der Waals surface area contributed by atoms with Crippen molar-refractivity contribution in [1.29, 1.82) is 0 Å². The first-order chi connectivity index (χ1) is 12.6. The maximum Gasteiger partial charge on any atom is 0.221 e. The third kappa shape index (κ3) is 7.58.